The molecule has 1 N–H and O–H groups in total. The van der Waals surface area contributed by atoms with Gasteiger partial charge in [0.05, 0.1) is 25.4 Å². The van der Waals surface area contributed by atoms with Crippen molar-refractivity contribution in [2.75, 3.05) is 43.1 Å². The number of ether oxygens (including phenoxy) is 2. The van der Waals surface area contributed by atoms with Crippen LogP contribution in [0.25, 0.3) is 0 Å². The molecule has 148 valence electrons. The first-order valence-electron chi connectivity index (χ1n) is 9.68. The number of morpholine rings is 1. The number of anilines is 2. The van der Waals surface area contributed by atoms with E-state index in [9.17, 15) is 9.59 Å². The monoisotopic (exact) mass is 382 g/mol. The largest absolute Gasteiger partial charge is 0.462 e. The van der Waals surface area contributed by atoms with Gasteiger partial charge in [-0.05, 0) is 55.0 Å². The summed E-state index contributed by atoms with van der Waals surface area (Å²) in [7, 11) is 0. The van der Waals surface area contributed by atoms with Gasteiger partial charge in [-0.3, -0.25) is 4.79 Å². The Morgan fingerprint density at radius 2 is 1.64 bits per heavy atom. The van der Waals surface area contributed by atoms with Gasteiger partial charge >= 0.3 is 5.97 Å². The van der Waals surface area contributed by atoms with Crippen molar-refractivity contribution < 1.29 is 19.1 Å². The SMILES string of the molecule is CCCCOC(=O)c1ccc(NC(=O)c2ccc(N3CCOCC3)cc2)cc1. The minimum atomic E-state index is -0.343. The predicted molar refractivity (Wildman–Crippen MR) is 109 cm³/mol. The molecule has 0 unspecified atom stereocenters. The Kier molecular flexibility index (Phi) is 7.03. The smallest absolute Gasteiger partial charge is 0.338 e. The molecule has 0 saturated carbocycles. The van der Waals surface area contributed by atoms with Crippen molar-refractivity contribution in [1.82, 2.24) is 0 Å². The van der Waals surface area contributed by atoms with E-state index < -0.39 is 0 Å². The molecule has 6 nitrogen and oxygen atoms in total. The molecule has 1 saturated heterocycles. The van der Waals surface area contributed by atoms with Crippen LogP contribution in [-0.4, -0.2) is 44.8 Å². The Morgan fingerprint density at radius 1 is 1.00 bits per heavy atom. The molecule has 1 aliphatic rings. The van der Waals surface area contributed by atoms with Gasteiger partial charge in [0, 0.05) is 30.0 Å². The van der Waals surface area contributed by atoms with Gasteiger partial charge in [0.15, 0.2) is 0 Å². The molecule has 6 heteroatoms. The molecule has 0 radical (unpaired) electrons. The molecule has 0 spiro atoms. The number of esters is 1. The van der Waals surface area contributed by atoms with Crippen molar-refractivity contribution in [3.63, 3.8) is 0 Å². The fourth-order valence-corrected chi connectivity index (χ4v) is 2.93. The second-order valence-electron chi connectivity index (χ2n) is 6.67. The summed E-state index contributed by atoms with van der Waals surface area (Å²) in [6.45, 7) is 5.64. The lowest BCUT2D eigenvalue weighted by molar-refractivity contribution is 0.0499. The number of carbonyl (C=O) groups excluding carboxylic acids is 2. The van der Waals surface area contributed by atoms with Crippen molar-refractivity contribution >= 4 is 23.3 Å². The highest BCUT2D eigenvalue weighted by Crippen LogP contribution is 2.18. The van der Waals surface area contributed by atoms with E-state index in [0.717, 1.165) is 44.8 Å². The molecule has 0 atom stereocenters. The van der Waals surface area contributed by atoms with Crippen LogP contribution in [0.3, 0.4) is 0 Å². The second kappa shape index (κ2) is 9.90. The molecule has 2 aromatic carbocycles. The molecule has 1 heterocycles. The molecule has 2 aromatic rings. The number of unbranched alkanes of at least 4 members (excludes halogenated alkanes) is 1. The lowest BCUT2D eigenvalue weighted by Gasteiger charge is -2.28. The number of rotatable bonds is 7. The van der Waals surface area contributed by atoms with Crippen molar-refractivity contribution in [1.29, 1.82) is 0 Å². The first-order valence-corrected chi connectivity index (χ1v) is 9.68. The molecule has 3 rings (SSSR count). The number of hydrogen-bond acceptors (Lipinski definition) is 5. The Labute approximate surface area is 165 Å². The van der Waals surface area contributed by atoms with Gasteiger partial charge in [-0.2, -0.15) is 0 Å². The van der Waals surface area contributed by atoms with Gasteiger partial charge < -0.3 is 19.7 Å². The van der Waals surface area contributed by atoms with Gasteiger partial charge in [0.2, 0.25) is 0 Å². The Bertz CT molecular complexity index is 781. The van der Waals surface area contributed by atoms with Crippen LogP contribution in [0.1, 0.15) is 40.5 Å². The van der Waals surface area contributed by atoms with E-state index in [1.165, 1.54) is 0 Å². The van der Waals surface area contributed by atoms with E-state index in [4.69, 9.17) is 9.47 Å². The van der Waals surface area contributed by atoms with Crippen LogP contribution in [0.5, 0.6) is 0 Å². The van der Waals surface area contributed by atoms with Crippen LogP contribution in [0, 0.1) is 0 Å². The van der Waals surface area contributed by atoms with Crippen molar-refractivity contribution in [3.05, 3.63) is 59.7 Å². The number of hydrogen-bond donors (Lipinski definition) is 1. The van der Waals surface area contributed by atoms with Gasteiger partial charge in [-0.25, -0.2) is 4.79 Å². The summed E-state index contributed by atoms with van der Waals surface area (Å²) in [6, 6.07) is 14.3. The van der Waals surface area contributed by atoms with Gasteiger partial charge in [-0.15, -0.1) is 0 Å². The maximum atomic E-state index is 12.5. The normalized spacial score (nSPS) is 13.8. The molecule has 0 aromatic heterocycles. The molecule has 1 fully saturated rings. The summed E-state index contributed by atoms with van der Waals surface area (Å²) < 4.78 is 10.5. The van der Waals surface area contributed by atoms with Crippen LogP contribution < -0.4 is 10.2 Å². The third-order valence-electron chi connectivity index (χ3n) is 4.62. The third-order valence-corrected chi connectivity index (χ3v) is 4.62. The summed E-state index contributed by atoms with van der Waals surface area (Å²) in [5.74, 6) is -0.531. The second-order valence-corrected chi connectivity index (χ2v) is 6.67. The average Bonchev–Trinajstić information content (AvgIpc) is 2.75. The van der Waals surface area contributed by atoms with E-state index in [2.05, 4.69) is 10.2 Å². The number of benzene rings is 2. The number of carbonyl (C=O) groups is 2. The fourth-order valence-electron chi connectivity index (χ4n) is 2.93. The number of nitrogens with one attached hydrogen (secondary N) is 1. The maximum absolute atomic E-state index is 12.5. The van der Waals surface area contributed by atoms with Crippen LogP contribution >= 0.6 is 0 Å². The first kappa shape index (κ1) is 19.9. The lowest BCUT2D eigenvalue weighted by atomic mass is 10.1. The van der Waals surface area contributed by atoms with Crippen LogP contribution in [0.4, 0.5) is 11.4 Å². The fraction of sp³-hybridized carbons (Fsp3) is 0.364. The standard InChI is InChI=1S/C22H26N2O4/c1-2-3-14-28-22(26)18-4-8-19(9-5-18)23-21(25)17-6-10-20(11-7-17)24-12-15-27-16-13-24/h4-11H,2-3,12-16H2,1H3,(H,23,25). The third kappa shape index (κ3) is 5.33. The minimum absolute atomic E-state index is 0.188. The first-order chi connectivity index (χ1) is 13.7. The highest BCUT2D eigenvalue weighted by molar-refractivity contribution is 6.04. The van der Waals surface area contributed by atoms with Crippen LogP contribution in [0.2, 0.25) is 0 Å². The number of amides is 1. The topological polar surface area (TPSA) is 67.9 Å². The summed E-state index contributed by atoms with van der Waals surface area (Å²) >= 11 is 0. The maximum Gasteiger partial charge on any atom is 0.338 e. The van der Waals surface area contributed by atoms with E-state index in [1.807, 2.05) is 31.2 Å². The zero-order valence-corrected chi connectivity index (χ0v) is 16.1. The van der Waals surface area contributed by atoms with Crippen molar-refractivity contribution in [3.8, 4) is 0 Å². The van der Waals surface area contributed by atoms with Crippen molar-refractivity contribution in [2.45, 2.75) is 19.8 Å². The zero-order chi connectivity index (χ0) is 19.8. The molecule has 0 aliphatic carbocycles. The Morgan fingerprint density at radius 3 is 2.29 bits per heavy atom. The Balaban J connectivity index is 1.56. The molecular formula is C22H26N2O4. The van der Waals surface area contributed by atoms with Gasteiger partial charge in [0.1, 0.15) is 0 Å². The van der Waals surface area contributed by atoms with Crippen LogP contribution in [0.15, 0.2) is 48.5 Å². The molecular weight excluding hydrogens is 356 g/mol. The van der Waals surface area contributed by atoms with E-state index in [0.29, 0.717) is 23.4 Å². The zero-order valence-electron chi connectivity index (χ0n) is 16.1. The predicted octanol–water partition coefficient (Wildman–Crippen LogP) is 3.73. The Hall–Kier alpha value is -2.86. The summed E-state index contributed by atoms with van der Waals surface area (Å²) in [6.07, 6.45) is 1.83. The van der Waals surface area contributed by atoms with E-state index in [1.54, 1.807) is 24.3 Å². The summed E-state index contributed by atoms with van der Waals surface area (Å²) in [5.41, 5.74) is 2.78. The average molecular weight is 382 g/mol. The van der Waals surface area contributed by atoms with Crippen LogP contribution in [-0.2, 0) is 9.47 Å². The molecule has 1 aliphatic heterocycles. The number of nitrogens with zero attached hydrogens (tertiary/aromatic N) is 1. The molecule has 28 heavy (non-hydrogen) atoms. The summed E-state index contributed by atoms with van der Waals surface area (Å²) in [5, 5.41) is 2.85. The summed E-state index contributed by atoms with van der Waals surface area (Å²) in [4.78, 5) is 26.6. The van der Waals surface area contributed by atoms with E-state index in [-0.39, 0.29) is 11.9 Å². The van der Waals surface area contributed by atoms with Gasteiger partial charge in [0.25, 0.3) is 5.91 Å². The minimum Gasteiger partial charge on any atom is -0.462 e. The molecule has 0 bridgehead atoms. The van der Waals surface area contributed by atoms with Crippen molar-refractivity contribution in [2.24, 2.45) is 0 Å². The van der Waals surface area contributed by atoms with E-state index >= 15 is 0 Å². The highest BCUT2D eigenvalue weighted by Gasteiger charge is 2.13. The quantitative estimate of drug-likeness (QED) is 0.584. The highest BCUT2D eigenvalue weighted by atomic mass is 16.5. The van der Waals surface area contributed by atoms with Gasteiger partial charge in [-0.1, -0.05) is 13.3 Å². The molecule has 1 amide bonds. The lowest BCUT2D eigenvalue weighted by Crippen LogP contribution is -2.36.